The van der Waals surface area contributed by atoms with E-state index in [0.717, 1.165) is 35.6 Å². The van der Waals surface area contributed by atoms with Crippen molar-refractivity contribution in [2.45, 2.75) is 13.0 Å². The second kappa shape index (κ2) is 9.09. The number of halogens is 4. The fourth-order valence-electron chi connectivity index (χ4n) is 2.12. The number of anilines is 1. The first kappa shape index (κ1) is 21.5. The number of amides is 1. The summed E-state index contributed by atoms with van der Waals surface area (Å²) in [5, 5.41) is 11.0. The van der Waals surface area contributed by atoms with Crippen molar-refractivity contribution in [2.24, 2.45) is 0 Å². The molecule has 0 atom stereocenters. The molecule has 156 valence electrons. The molecular formula is C18H11ClF3N3O4S. The van der Waals surface area contributed by atoms with Gasteiger partial charge in [0.15, 0.2) is 5.01 Å². The lowest BCUT2D eigenvalue weighted by Gasteiger charge is -2.09. The average Bonchev–Trinajstić information content (AvgIpc) is 3.16. The molecule has 3 aromatic rings. The summed E-state index contributed by atoms with van der Waals surface area (Å²) in [7, 11) is 0. The van der Waals surface area contributed by atoms with Gasteiger partial charge in [-0.05, 0) is 48.5 Å². The molecule has 7 nitrogen and oxygen atoms in total. The first-order valence-electron chi connectivity index (χ1n) is 8.12. The maximum Gasteiger partial charge on any atom is 0.573 e. The van der Waals surface area contributed by atoms with E-state index in [-0.39, 0.29) is 22.2 Å². The molecule has 3 rings (SSSR count). The smallest absolute Gasteiger partial charge is 0.455 e. The number of nitrogens with zero attached hydrogens (tertiary/aromatic N) is 2. The Balaban J connectivity index is 1.53. The Kier molecular flexibility index (Phi) is 6.53. The molecule has 0 bridgehead atoms. The summed E-state index contributed by atoms with van der Waals surface area (Å²) in [5.41, 5.74) is 0.542. The summed E-state index contributed by atoms with van der Waals surface area (Å²) < 4.78 is 45.2. The topological polar surface area (TPSA) is 90.4 Å². The highest BCUT2D eigenvalue weighted by Crippen LogP contribution is 2.23. The predicted octanol–water partition coefficient (Wildman–Crippen LogP) is 4.70. The molecule has 0 aliphatic carbocycles. The number of aromatic nitrogens is 2. The summed E-state index contributed by atoms with van der Waals surface area (Å²) in [6.07, 6.45) is -4.82. The Morgan fingerprint density at radius 3 is 2.33 bits per heavy atom. The van der Waals surface area contributed by atoms with Gasteiger partial charge in [-0.2, -0.15) is 0 Å². The second-order valence-corrected chi connectivity index (χ2v) is 7.11. The van der Waals surface area contributed by atoms with E-state index >= 15 is 0 Å². The van der Waals surface area contributed by atoms with Crippen LogP contribution in [0.25, 0.3) is 0 Å². The van der Waals surface area contributed by atoms with E-state index in [9.17, 15) is 22.8 Å². The summed E-state index contributed by atoms with van der Waals surface area (Å²) in [4.78, 5) is 24.2. The third kappa shape index (κ3) is 6.16. The molecule has 0 unspecified atom stereocenters. The van der Waals surface area contributed by atoms with Crippen LogP contribution in [-0.2, 0) is 11.3 Å². The third-order valence-electron chi connectivity index (χ3n) is 3.41. The van der Waals surface area contributed by atoms with Crippen molar-refractivity contribution in [3.63, 3.8) is 0 Å². The van der Waals surface area contributed by atoms with Gasteiger partial charge >= 0.3 is 12.3 Å². The van der Waals surface area contributed by atoms with Crippen LogP contribution in [0.5, 0.6) is 5.75 Å². The SMILES string of the molecule is O=C(OCc1nnc(C(=O)Nc2ccc(Cl)cc2)s1)c1ccc(OC(F)(F)F)cc1. The van der Waals surface area contributed by atoms with Crippen LogP contribution in [-0.4, -0.2) is 28.4 Å². The van der Waals surface area contributed by atoms with Crippen molar-refractivity contribution < 1.29 is 32.2 Å². The fraction of sp³-hybridized carbons (Fsp3) is 0.111. The Morgan fingerprint density at radius 1 is 1.03 bits per heavy atom. The van der Waals surface area contributed by atoms with Gasteiger partial charge in [0, 0.05) is 10.7 Å². The molecule has 0 aliphatic rings. The summed E-state index contributed by atoms with van der Waals surface area (Å²) >= 11 is 6.71. The molecule has 0 saturated heterocycles. The van der Waals surface area contributed by atoms with E-state index in [1.54, 1.807) is 24.3 Å². The minimum absolute atomic E-state index is 0.0229. The highest BCUT2D eigenvalue weighted by atomic mass is 35.5. The lowest BCUT2D eigenvalue weighted by Crippen LogP contribution is -2.17. The molecule has 2 aromatic carbocycles. The zero-order valence-corrected chi connectivity index (χ0v) is 16.3. The van der Waals surface area contributed by atoms with Crippen molar-refractivity contribution in [2.75, 3.05) is 5.32 Å². The molecule has 0 aliphatic heterocycles. The van der Waals surface area contributed by atoms with Crippen LogP contribution < -0.4 is 10.1 Å². The highest BCUT2D eigenvalue weighted by Gasteiger charge is 2.31. The Morgan fingerprint density at radius 2 is 1.70 bits per heavy atom. The van der Waals surface area contributed by atoms with Crippen LogP contribution in [0.15, 0.2) is 48.5 Å². The van der Waals surface area contributed by atoms with Gasteiger partial charge in [-0.15, -0.1) is 23.4 Å². The average molecular weight is 458 g/mol. The number of carbonyl (C=O) groups is 2. The molecule has 0 saturated carbocycles. The number of carbonyl (C=O) groups excluding carboxylic acids is 2. The van der Waals surface area contributed by atoms with Crippen LogP contribution in [0, 0.1) is 0 Å². The molecule has 1 heterocycles. The quantitative estimate of drug-likeness (QED) is 0.540. The Bertz CT molecular complexity index is 1040. The Hall–Kier alpha value is -3.18. The summed E-state index contributed by atoms with van der Waals surface area (Å²) in [6, 6.07) is 10.7. The van der Waals surface area contributed by atoms with E-state index < -0.39 is 24.0 Å². The van der Waals surface area contributed by atoms with Crippen molar-refractivity contribution in [3.05, 3.63) is 69.1 Å². The van der Waals surface area contributed by atoms with Gasteiger partial charge in [-0.25, -0.2) is 4.79 Å². The summed E-state index contributed by atoms with van der Waals surface area (Å²) in [5.74, 6) is -1.73. The monoisotopic (exact) mass is 457 g/mol. The number of ether oxygens (including phenoxy) is 2. The van der Waals surface area contributed by atoms with Crippen LogP contribution in [0.4, 0.5) is 18.9 Å². The summed E-state index contributed by atoms with van der Waals surface area (Å²) in [6.45, 7) is -0.258. The number of nitrogens with one attached hydrogen (secondary N) is 1. The number of esters is 1. The van der Waals surface area contributed by atoms with E-state index in [0.29, 0.717) is 10.7 Å². The minimum atomic E-state index is -4.82. The minimum Gasteiger partial charge on any atom is -0.455 e. The molecule has 1 aromatic heterocycles. The molecule has 1 N–H and O–H groups in total. The maximum absolute atomic E-state index is 12.2. The second-order valence-electron chi connectivity index (χ2n) is 5.61. The molecule has 12 heteroatoms. The molecule has 0 fully saturated rings. The predicted molar refractivity (Wildman–Crippen MR) is 102 cm³/mol. The fourth-order valence-corrected chi connectivity index (χ4v) is 2.90. The molecular weight excluding hydrogens is 447 g/mol. The van der Waals surface area contributed by atoms with Crippen molar-refractivity contribution in [3.8, 4) is 5.75 Å². The number of rotatable bonds is 6. The van der Waals surface area contributed by atoms with Gasteiger partial charge in [-0.1, -0.05) is 22.9 Å². The van der Waals surface area contributed by atoms with Crippen molar-refractivity contribution in [1.82, 2.24) is 10.2 Å². The van der Waals surface area contributed by atoms with E-state index in [1.165, 1.54) is 0 Å². The van der Waals surface area contributed by atoms with Crippen molar-refractivity contribution in [1.29, 1.82) is 0 Å². The zero-order chi connectivity index (χ0) is 21.7. The van der Waals surface area contributed by atoms with Crippen molar-refractivity contribution >= 4 is 40.5 Å². The van der Waals surface area contributed by atoms with Crippen LogP contribution in [0.1, 0.15) is 25.2 Å². The lowest BCUT2D eigenvalue weighted by atomic mass is 10.2. The normalized spacial score (nSPS) is 11.1. The van der Waals surface area contributed by atoms with Gasteiger partial charge in [0.05, 0.1) is 5.56 Å². The largest absolute Gasteiger partial charge is 0.573 e. The highest BCUT2D eigenvalue weighted by molar-refractivity contribution is 7.13. The first-order chi connectivity index (χ1) is 14.2. The third-order valence-corrected chi connectivity index (χ3v) is 4.56. The molecule has 0 radical (unpaired) electrons. The standard InChI is InChI=1S/C18H11ClF3N3O4S/c19-11-3-5-12(6-4-11)23-15(26)16-25-24-14(30-16)9-28-17(27)10-1-7-13(8-2-10)29-18(20,21)22/h1-8H,9H2,(H,23,26). The Labute approximate surface area is 176 Å². The van der Waals surface area contributed by atoms with Gasteiger partial charge in [0.1, 0.15) is 12.4 Å². The van der Waals surface area contributed by atoms with Crippen LogP contribution >= 0.6 is 22.9 Å². The van der Waals surface area contributed by atoms with E-state index in [1.807, 2.05) is 0 Å². The van der Waals surface area contributed by atoms with Gasteiger partial charge in [0.25, 0.3) is 5.91 Å². The molecule has 30 heavy (non-hydrogen) atoms. The van der Waals surface area contributed by atoms with E-state index in [4.69, 9.17) is 16.3 Å². The number of hydrogen-bond acceptors (Lipinski definition) is 7. The lowest BCUT2D eigenvalue weighted by molar-refractivity contribution is -0.274. The van der Waals surface area contributed by atoms with Crippen LogP contribution in [0.2, 0.25) is 5.02 Å². The maximum atomic E-state index is 12.2. The van der Waals surface area contributed by atoms with Gasteiger partial charge < -0.3 is 14.8 Å². The van der Waals surface area contributed by atoms with Crippen LogP contribution in [0.3, 0.4) is 0 Å². The van der Waals surface area contributed by atoms with E-state index in [2.05, 4.69) is 20.3 Å². The van der Waals surface area contributed by atoms with Gasteiger partial charge in [0.2, 0.25) is 5.01 Å². The number of hydrogen-bond donors (Lipinski definition) is 1. The molecule has 1 amide bonds. The molecule has 0 spiro atoms. The van der Waals surface area contributed by atoms with Gasteiger partial charge in [-0.3, -0.25) is 4.79 Å². The first-order valence-corrected chi connectivity index (χ1v) is 9.31. The number of alkyl halides is 3. The zero-order valence-electron chi connectivity index (χ0n) is 14.8. The number of benzene rings is 2.